The van der Waals surface area contributed by atoms with Crippen molar-refractivity contribution in [1.29, 1.82) is 5.26 Å². The molecule has 2 aromatic carbocycles. The molecule has 2 amide bonds. The Morgan fingerprint density at radius 3 is 2.52 bits per heavy atom. The molecule has 1 atom stereocenters. The Hall–Kier alpha value is -2.84. The van der Waals surface area contributed by atoms with Gasteiger partial charge in [-0.1, -0.05) is 43.6 Å². The van der Waals surface area contributed by atoms with Gasteiger partial charge in [0.2, 0.25) is 5.91 Å². The van der Waals surface area contributed by atoms with E-state index in [4.69, 9.17) is 16.9 Å². The smallest absolute Gasteiger partial charge is 0.252 e. The predicted molar refractivity (Wildman–Crippen MR) is 107 cm³/mol. The van der Waals surface area contributed by atoms with E-state index >= 15 is 0 Å². The number of aryl methyl sites for hydroxylation is 1. The maximum Gasteiger partial charge on any atom is 0.252 e. The summed E-state index contributed by atoms with van der Waals surface area (Å²) >= 11 is 5.92. The van der Waals surface area contributed by atoms with Crippen LogP contribution < -0.4 is 10.6 Å². The third-order valence-corrected chi connectivity index (χ3v) is 4.40. The van der Waals surface area contributed by atoms with Crippen LogP contribution in [0.1, 0.15) is 41.8 Å². The molecule has 2 aromatic rings. The summed E-state index contributed by atoms with van der Waals surface area (Å²) in [7, 11) is 0. The maximum absolute atomic E-state index is 12.7. The van der Waals surface area contributed by atoms with Gasteiger partial charge in [0.25, 0.3) is 5.91 Å². The van der Waals surface area contributed by atoms with E-state index in [-0.39, 0.29) is 23.3 Å². The molecule has 0 aromatic heterocycles. The van der Waals surface area contributed by atoms with E-state index in [1.807, 2.05) is 39.0 Å². The van der Waals surface area contributed by atoms with Gasteiger partial charge >= 0.3 is 0 Å². The number of hydrogen-bond donors (Lipinski definition) is 2. The summed E-state index contributed by atoms with van der Waals surface area (Å²) in [4.78, 5) is 25.4. The van der Waals surface area contributed by atoms with E-state index < -0.39 is 6.04 Å². The highest BCUT2D eigenvalue weighted by molar-refractivity contribution is 6.31. The van der Waals surface area contributed by atoms with Crippen LogP contribution >= 0.6 is 11.6 Å². The number of carbonyl (C=O) groups excluding carboxylic acids is 2. The van der Waals surface area contributed by atoms with Crippen LogP contribution in [-0.2, 0) is 4.79 Å². The van der Waals surface area contributed by atoms with Gasteiger partial charge < -0.3 is 10.6 Å². The Kier molecular flexibility index (Phi) is 6.98. The Morgan fingerprint density at radius 1 is 1.19 bits per heavy atom. The van der Waals surface area contributed by atoms with Crippen LogP contribution in [0.4, 0.5) is 5.69 Å². The summed E-state index contributed by atoms with van der Waals surface area (Å²) in [6.07, 6.45) is 0.488. The first kappa shape index (κ1) is 20.5. The fourth-order valence-electron chi connectivity index (χ4n) is 2.68. The van der Waals surface area contributed by atoms with Gasteiger partial charge in [0.05, 0.1) is 10.6 Å². The molecule has 0 radical (unpaired) electrons. The molecule has 0 heterocycles. The zero-order valence-electron chi connectivity index (χ0n) is 15.5. The van der Waals surface area contributed by atoms with E-state index in [2.05, 4.69) is 10.6 Å². The van der Waals surface area contributed by atoms with E-state index in [1.165, 1.54) is 6.07 Å². The molecule has 2 rings (SSSR count). The van der Waals surface area contributed by atoms with Crippen LogP contribution in [0.2, 0.25) is 5.02 Å². The number of hydrogen-bond acceptors (Lipinski definition) is 3. The largest absolute Gasteiger partial charge is 0.340 e. The number of halogens is 1. The molecule has 140 valence electrons. The number of nitrogens with zero attached hydrogens (tertiary/aromatic N) is 1. The Balaban J connectivity index is 2.18. The molecule has 5 nitrogen and oxygen atoms in total. The van der Waals surface area contributed by atoms with E-state index in [0.717, 1.165) is 5.56 Å². The van der Waals surface area contributed by atoms with Gasteiger partial charge in [-0.15, -0.1) is 0 Å². The molecular formula is C21H22ClN3O2. The molecule has 27 heavy (non-hydrogen) atoms. The molecule has 0 saturated carbocycles. The monoisotopic (exact) mass is 383 g/mol. The zero-order chi connectivity index (χ0) is 20.0. The lowest BCUT2D eigenvalue weighted by Gasteiger charge is -2.21. The summed E-state index contributed by atoms with van der Waals surface area (Å²) in [5, 5.41) is 15.0. The Labute approximate surface area is 164 Å². The summed E-state index contributed by atoms with van der Waals surface area (Å²) in [5.74, 6) is -0.419. The van der Waals surface area contributed by atoms with Crippen molar-refractivity contribution in [1.82, 2.24) is 5.32 Å². The third-order valence-electron chi connectivity index (χ3n) is 4.07. The normalized spacial score (nSPS) is 11.6. The first-order valence-electron chi connectivity index (χ1n) is 8.68. The second-order valence-electron chi connectivity index (χ2n) is 6.77. The second kappa shape index (κ2) is 9.20. The van der Waals surface area contributed by atoms with Crippen molar-refractivity contribution < 1.29 is 9.59 Å². The summed E-state index contributed by atoms with van der Waals surface area (Å²) in [5.41, 5.74) is 2.12. The molecule has 6 heteroatoms. The number of amides is 2. The van der Waals surface area contributed by atoms with Gasteiger partial charge in [0, 0.05) is 11.3 Å². The zero-order valence-corrected chi connectivity index (χ0v) is 16.3. The van der Waals surface area contributed by atoms with Gasteiger partial charge in [0.15, 0.2) is 0 Å². The SMILES string of the molecule is Cc1ccccc1C(=O)NC(CC(C)C)C(=O)Nc1ccc(Cl)c(C#N)c1. The van der Waals surface area contributed by atoms with Crippen LogP contribution in [0.15, 0.2) is 42.5 Å². The minimum absolute atomic E-state index is 0.206. The lowest BCUT2D eigenvalue weighted by molar-refractivity contribution is -0.118. The molecule has 0 saturated heterocycles. The van der Waals surface area contributed by atoms with Crippen molar-refractivity contribution in [2.75, 3.05) is 5.32 Å². The lowest BCUT2D eigenvalue weighted by atomic mass is 10.0. The van der Waals surface area contributed by atoms with Crippen LogP contribution in [0.3, 0.4) is 0 Å². The minimum Gasteiger partial charge on any atom is -0.340 e. The van der Waals surface area contributed by atoms with Gasteiger partial charge in [-0.05, 0) is 49.1 Å². The molecule has 0 aliphatic carbocycles. The highest BCUT2D eigenvalue weighted by Crippen LogP contribution is 2.20. The molecular weight excluding hydrogens is 362 g/mol. The number of anilines is 1. The fraction of sp³-hybridized carbons (Fsp3) is 0.286. The number of nitrogens with one attached hydrogen (secondary N) is 2. The van der Waals surface area contributed by atoms with Crippen molar-refractivity contribution in [3.05, 3.63) is 64.2 Å². The van der Waals surface area contributed by atoms with Crippen LogP contribution in [0, 0.1) is 24.2 Å². The van der Waals surface area contributed by atoms with Crippen molar-refractivity contribution in [3.63, 3.8) is 0 Å². The molecule has 0 fully saturated rings. The third kappa shape index (κ3) is 5.57. The van der Waals surface area contributed by atoms with E-state index in [0.29, 0.717) is 22.7 Å². The summed E-state index contributed by atoms with van der Waals surface area (Å²) in [6.45, 7) is 5.82. The van der Waals surface area contributed by atoms with Gasteiger partial charge in [-0.25, -0.2) is 0 Å². The van der Waals surface area contributed by atoms with Crippen molar-refractivity contribution >= 4 is 29.1 Å². The molecule has 0 bridgehead atoms. The van der Waals surface area contributed by atoms with Crippen LogP contribution in [-0.4, -0.2) is 17.9 Å². The summed E-state index contributed by atoms with van der Waals surface area (Å²) in [6, 6.07) is 13.2. The minimum atomic E-state index is -0.696. The molecule has 1 unspecified atom stereocenters. The van der Waals surface area contributed by atoms with E-state index in [1.54, 1.807) is 24.3 Å². The average Bonchev–Trinajstić information content (AvgIpc) is 2.62. The maximum atomic E-state index is 12.7. The quantitative estimate of drug-likeness (QED) is 0.780. The van der Waals surface area contributed by atoms with Crippen LogP contribution in [0.25, 0.3) is 0 Å². The number of benzene rings is 2. The summed E-state index contributed by atoms with van der Waals surface area (Å²) < 4.78 is 0. The molecule has 2 N–H and O–H groups in total. The van der Waals surface area contributed by atoms with Crippen LogP contribution in [0.5, 0.6) is 0 Å². The number of carbonyl (C=O) groups is 2. The van der Waals surface area contributed by atoms with Crippen molar-refractivity contribution in [3.8, 4) is 6.07 Å². The number of rotatable bonds is 6. The standard InChI is InChI=1S/C21H22ClN3O2/c1-13(2)10-19(25-20(26)17-7-5-4-6-14(17)3)21(27)24-16-8-9-18(22)15(11-16)12-23/h4-9,11,13,19H,10H2,1-3H3,(H,24,27)(H,25,26). The Morgan fingerprint density at radius 2 is 1.89 bits per heavy atom. The number of nitriles is 1. The topological polar surface area (TPSA) is 82.0 Å². The molecule has 0 aliphatic heterocycles. The van der Waals surface area contributed by atoms with E-state index in [9.17, 15) is 9.59 Å². The van der Waals surface area contributed by atoms with Crippen molar-refractivity contribution in [2.45, 2.75) is 33.2 Å². The lowest BCUT2D eigenvalue weighted by Crippen LogP contribution is -2.44. The van der Waals surface area contributed by atoms with Gasteiger partial charge in [-0.2, -0.15) is 5.26 Å². The van der Waals surface area contributed by atoms with Gasteiger partial charge in [-0.3, -0.25) is 9.59 Å². The Bertz CT molecular complexity index is 887. The fourth-order valence-corrected chi connectivity index (χ4v) is 2.84. The predicted octanol–water partition coefficient (Wildman–Crippen LogP) is 4.30. The highest BCUT2D eigenvalue weighted by Gasteiger charge is 2.23. The van der Waals surface area contributed by atoms with Gasteiger partial charge in [0.1, 0.15) is 12.1 Å². The first-order chi connectivity index (χ1) is 12.8. The first-order valence-corrected chi connectivity index (χ1v) is 9.06. The average molecular weight is 384 g/mol. The second-order valence-corrected chi connectivity index (χ2v) is 7.17. The molecule has 0 aliphatic rings. The van der Waals surface area contributed by atoms with Crippen molar-refractivity contribution in [2.24, 2.45) is 5.92 Å². The highest BCUT2D eigenvalue weighted by atomic mass is 35.5. The molecule has 0 spiro atoms.